The van der Waals surface area contributed by atoms with Gasteiger partial charge in [-0.2, -0.15) is 0 Å². The fourth-order valence-corrected chi connectivity index (χ4v) is 1.20. The number of hydrogen-bond donors (Lipinski definition) is 1. The van der Waals surface area contributed by atoms with E-state index in [0.29, 0.717) is 0 Å². The van der Waals surface area contributed by atoms with Gasteiger partial charge in [-0.05, 0) is 37.5 Å². The van der Waals surface area contributed by atoms with Crippen LogP contribution >= 0.6 is 0 Å². The van der Waals surface area contributed by atoms with Crippen LogP contribution in [-0.4, -0.2) is 11.2 Å². The van der Waals surface area contributed by atoms with Crippen LogP contribution in [0.25, 0.3) is 0 Å². The quantitative estimate of drug-likeness (QED) is 0.652. The third-order valence-electron chi connectivity index (χ3n) is 2.15. The Labute approximate surface area is 77.2 Å². The molecule has 0 aromatic rings. The lowest BCUT2D eigenvalue weighted by molar-refractivity contribution is 0.140. The van der Waals surface area contributed by atoms with Crippen LogP contribution < -0.4 is 0 Å². The van der Waals surface area contributed by atoms with Crippen molar-refractivity contribution in [1.29, 1.82) is 0 Å². The Morgan fingerprint density at radius 1 is 0.750 bits per heavy atom. The molecule has 0 aromatic heterocycles. The SMILES string of the molecule is CC(C)CCC(O)CCC(C)C. The Bertz CT molecular complexity index is 85.2. The number of aliphatic hydroxyl groups is 1. The number of rotatable bonds is 6. The molecule has 0 spiro atoms. The molecule has 1 heteroatoms. The van der Waals surface area contributed by atoms with Gasteiger partial charge in [0, 0.05) is 0 Å². The van der Waals surface area contributed by atoms with E-state index < -0.39 is 0 Å². The minimum Gasteiger partial charge on any atom is -0.393 e. The topological polar surface area (TPSA) is 20.2 Å². The van der Waals surface area contributed by atoms with E-state index >= 15 is 0 Å². The standard InChI is InChI=1S/C11H24O/c1-9(2)5-7-11(12)8-6-10(3)4/h9-12H,5-8H2,1-4H3. The smallest absolute Gasteiger partial charge is 0.0540 e. The first-order chi connectivity index (χ1) is 5.52. The molecule has 0 atom stereocenters. The van der Waals surface area contributed by atoms with Gasteiger partial charge in [0.15, 0.2) is 0 Å². The van der Waals surface area contributed by atoms with Crippen LogP contribution in [0.1, 0.15) is 53.4 Å². The summed E-state index contributed by atoms with van der Waals surface area (Å²) in [7, 11) is 0. The van der Waals surface area contributed by atoms with Gasteiger partial charge in [0.25, 0.3) is 0 Å². The van der Waals surface area contributed by atoms with Crippen LogP contribution in [0.3, 0.4) is 0 Å². The lowest BCUT2D eigenvalue weighted by Gasteiger charge is -2.12. The molecule has 0 fully saturated rings. The third kappa shape index (κ3) is 8.06. The summed E-state index contributed by atoms with van der Waals surface area (Å²) in [5.41, 5.74) is 0. The van der Waals surface area contributed by atoms with Crippen LogP contribution in [0.5, 0.6) is 0 Å². The van der Waals surface area contributed by atoms with Crippen LogP contribution in [0, 0.1) is 11.8 Å². The summed E-state index contributed by atoms with van der Waals surface area (Å²) in [5.74, 6) is 1.44. The van der Waals surface area contributed by atoms with Crippen molar-refractivity contribution >= 4 is 0 Å². The summed E-state index contributed by atoms with van der Waals surface area (Å²) in [4.78, 5) is 0. The first-order valence-electron chi connectivity index (χ1n) is 5.20. The highest BCUT2D eigenvalue weighted by Crippen LogP contribution is 2.13. The lowest BCUT2D eigenvalue weighted by Crippen LogP contribution is -2.08. The van der Waals surface area contributed by atoms with Gasteiger partial charge in [-0.15, -0.1) is 0 Å². The average molecular weight is 172 g/mol. The monoisotopic (exact) mass is 172 g/mol. The molecule has 0 aliphatic rings. The molecule has 1 N–H and O–H groups in total. The van der Waals surface area contributed by atoms with Gasteiger partial charge in [0.2, 0.25) is 0 Å². The normalized spacial score (nSPS) is 12.0. The van der Waals surface area contributed by atoms with Gasteiger partial charge < -0.3 is 5.11 Å². The summed E-state index contributed by atoms with van der Waals surface area (Å²) < 4.78 is 0. The maximum Gasteiger partial charge on any atom is 0.0540 e. The van der Waals surface area contributed by atoms with Crippen molar-refractivity contribution in [3.63, 3.8) is 0 Å². The largest absolute Gasteiger partial charge is 0.393 e. The molecule has 0 bridgehead atoms. The van der Waals surface area contributed by atoms with Crippen LogP contribution in [0.4, 0.5) is 0 Å². The van der Waals surface area contributed by atoms with E-state index in [2.05, 4.69) is 27.7 Å². The summed E-state index contributed by atoms with van der Waals surface area (Å²) in [5, 5.41) is 9.55. The van der Waals surface area contributed by atoms with Crippen molar-refractivity contribution in [3.8, 4) is 0 Å². The highest BCUT2D eigenvalue weighted by molar-refractivity contribution is 4.59. The Morgan fingerprint density at radius 2 is 1.08 bits per heavy atom. The van der Waals surface area contributed by atoms with Gasteiger partial charge in [0.05, 0.1) is 6.10 Å². The molecule has 0 aromatic carbocycles. The molecule has 0 saturated heterocycles. The molecule has 12 heavy (non-hydrogen) atoms. The molecule has 0 aliphatic carbocycles. The molecule has 0 aliphatic heterocycles. The second-order valence-corrected chi connectivity index (χ2v) is 4.60. The number of hydrogen-bond acceptors (Lipinski definition) is 1. The van der Waals surface area contributed by atoms with Crippen LogP contribution in [-0.2, 0) is 0 Å². The van der Waals surface area contributed by atoms with Gasteiger partial charge in [-0.3, -0.25) is 0 Å². The van der Waals surface area contributed by atoms with Crippen molar-refractivity contribution in [1.82, 2.24) is 0 Å². The average Bonchev–Trinajstić information content (AvgIpc) is 1.96. The van der Waals surface area contributed by atoms with Crippen molar-refractivity contribution in [3.05, 3.63) is 0 Å². The fourth-order valence-electron chi connectivity index (χ4n) is 1.20. The van der Waals surface area contributed by atoms with E-state index in [4.69, 9.17) is 0 Å². The minimum absolute atomic E-state index is 0.0604. The Balaban J connectivity index is 3.27. The molecule has 0 rings (SSSR count). The van der Waals surface area contributed by atoms with Gasteiger partial charge >= 0.3 is 0 Å². The lowest BCUT2D eigenvalue weighted by atomic mass is 9.99. The molecule has 0 radical (unpaired) electrons. The van der Waals surface area contributed by atoms with E-state index in [0.717, 1.165) is 37.5 Å². The first kappa shape index (κ1) is 12.0. The van der Waals surface area contributed by atoms with Crippen LogP contribution in [0.2, 0.25) is 0 Å². The van der Waals surface area contributed by atoms with E-state index in [-0.39, 0.29) is 6.10 Å². The fraction of sp³-hybridized carbons (Fsp3) is 1.00. The Hall–Kier alpha value is -0.0400. The highest BCUT2D eigenvalue weighted by Gasteiger charge is 2.06. The zero-order chi connectivity index (χ0) is 9.56. The van der Waals surface area contributed by atoms with Gasteiger partial charge in [-0.25, -0.2) is 0 Å². The highest BCUT2D eigenvalue weighted by atomic mass is 16.3. The second-order valence-electron chi connectivity index (χ2n) is 4.60. The number of aliphatic hydroxyl groups excluding tert-OH is 1. The van der Waals surface area contributed by atoms with Crippen molar-refractivity contribution in [2.24, 2.45) is 11.8 Å². The third-order valence-corrected chi connectivity index (χ3v) is 2.15. The molecular weight excluding hydrogens is 148 g/mol. The van der Waals surface area contributed by atoms with Crippen molar-refractivity contribution in [2.75, 3.05) is 0 Å². The molecule has 0 unspecified atom stereocenters. The summed E-state index contributed by atoms with van der Waals surface area (Å²) in [6.07, 6.45) is 4.20. The first-order valence-corrected chi connectivity index (χ1v) is 5.20. The Kier molecular flexibility index (Phi) is 6.45. The predicted molar refractivity (Wildman–Crippen MR) is 54.2 cm³/mol. The van der Waals surface area contributed by atoms with Crippen molar-refractivity contribution < 1.29 is 5.11 Å². The van der Waals surface area contributed by atoms with E-state index in [1.807, 2.05) is 0 Å². The summed E-state index contributed by atoms with van der Waals surface area (Å²) >= 11 is 0. The second kappa shape index (κ2) is 6.47. The molecule has 0 heterocycles. The molecule has 0 saturated carbocycles. The molecule has 1 nitrogen and oxygen atoms in total. The van der Waals surface area contributed by atoms with Gasteiger partial charge in [-0.1, -0.05) is 27.7 Å². The maximum atomic E-state index is 9.55. The van der Waals surface area contributed by atoms with E-state index in [1.54, 1.807) is 0 Å². The zero-order valence-electron chi connectivity index (χ0n) is 9.01. The van der Waals surface area contributed by atoms with Crippen LogP contribution in [0.15, 0.2) is 0 Å². The minimum atomic E-state index is -0.0604. The summed E-state index contributed by atoms with van der Waals surface area (Å²) in [6.45, 7) is 8.81. The molecule has 74 valence electrons. The molecular formula is C11H24O. The van der Waals surface area contributed by atoms with Crippen molar-refractivity contribution in [2.45, 2.75) is 59.5 Å². The molecule has 0 amide bonds. The van der Waals surface area contributed by atoms with E-state index in [9.17, 15) is 5.11 Å². The summed E-state index contributed by atoms with van der Waals surface area (Å²) in [6, 6.07) is 0. The Morgan fingerprint density at radius 3 is 1.33 bits per heavy atom. The van der Waals surface area contributed by atoms with Gasteiger partial charge in [0.1, 0.15) is 0 Å². The maximum absolute atomic E-state index is 9.55. The van der Waals surface area contributed by atoms with E-state index in [1.165, 1.54) is 0 Å². The zero-order valence-corrected chi connectivity index (χ0v) is 9.01. The predicted octanol–water partition coefficient (Wildman–Crippen LogP) is 3.22.